The topological polar surface area (TPSA) is 67.9 Å². The van der Waals surface area contributed by atoms with Crippen molar-refractivity contribution in [2.24, 2.45) is 0 Å². The van der Waals surface area contributed by atoms with Crippen molar-refractivity contribution in [3.63, 3.8) is 0 Å². The summed E-state index contributed by atoms with van der Waals surface area (Å²) in [6.45, 7) is 9.32. The minimum atomic E-state index is -0.138. The minimum absolute atomic E-state index is 0.00860. The van der Waals surface area contributed by atoms with Gasteiger partial charge in [-0.1, -0.05) is 18.2 Å². The Balaban J connectivity index is 1.38. The fourth-order valence-electron chi connectivity index (χ4n) is 3.61. The average molecular weight is 425 g/mol. The van der Waals surface area contributed by atoms with Crippen LogP contribution in [0.5, 0.6) is 11.5 Å². The largest absolute Gasteiger partial charge is 0.484 e. The molecular formula is C25H32N2O4. The van der Waals surface area contributed by atoms with E-state index in [0.29, 0.717) is 18.8 Å². The number of nitrogens with one attached hydrogen (secondary N) is 1. The molecule has 1 aliphatic heterocycles. The number of likely N-dealkylation sites (tertiary alicyclic amines) is 1. The predicted octanol–water partition coefficient (Wildman–Crippen LogP) is 3.49. The molecule has 0 atom stereocenters. The number of aryl methyl sites for hydroxylation is 3. The second-order valence-electron chi connectivity index (χ2n) is 8.24. The van der Waals surface area contributed by atoms with E-state index in [-0.39, 0.29) is 31.1 Å². The summed E-state index contributed by atoms with van der Waals surface area (Å²) in [5.74, 6) is 1.28. The average Bonchev–Trinajstić information content (AvgIpc) is 2.76. The molecule has 0 bridgehead atoms. The Labute approximate surface area is 184 Å². The van der Waals surface area contributed by atoms with Gasteiger partial charge in [0.25, 0.3) is 11.8 Å². The van der Waals surface area contributed by atoms with Crippen molar-refractivity contribution < 1.29 is 19.1 Å². The zero-order valence-corrected chi connectivity index (χ0v) is 18.9. The fourth-order valence-corrected chi connectivity index (χ4v) is 3.61. The Morgan fingerprint density at radius 1 is 0.935 bits per heavy atom. The number of carbonyl (C=O) groups excluding carboxylic acids is 2. The highest BCUT2D eigenvalue weighted by Gasteiger charge is 2.24. The highest BCUT2D eigenvalue weighted by molar-refractivity contribution is 5.79. The number of hydrogen-bond donors (Lipinski definition) is 1. The minimum Gasteiger partial charge on any atom is -0.484 e. The van der Waals surface area contributed by atoms with E-state index < -0.39 is 0 Å². The summed E-state index contributed by atoms with van der Waals surface area (Å²) in [6.07, 6.45) is 1.45. The van der Waals surface area contributed by atoms with Crippen LogP contribution >= 0.6 is 0 Å². The summed E-state index contributed by atoms with van der Waals surface area (Å²) in [5, 5.41) is 3.01. The second-order valence-corrected chi connectivity index (χ2v) is 8.24. The molecule has 0 radical (unpaired) electrons. The van der Waals surface area contributed by atoms with Crippen LogP contribution in [0.1, 0.15) is 35.1 Å². The molecule has 31 heavy (non-hydrogen) atoms. The Morgan fingerprint density at radius 3 is 2.39 bits per heavy atom. The van der Waals surface area contributed by atoms with Gasteiger partial charge in [0.2, 0.25) is 0 Å². The van der Waals surface area contributed by atoms with Gasteiger partial charge in [0.15, 0.2) is 13.2 Å². The van der Waals surface area contributed by atoms with Crippen molar-refractivity contribution in [1.82, 2.24) is 10.2 Å². The predicted molar refractivity (Wildman–Crippen MR) is 121 cm³/mol. The lowest BCUT2D eigenvalue weighted by Crippen LogP contribution is -2.48. The summed E-state index contributed by atoms with van der Waals surface area (Å²) >= 11 is 0. The third-order valence-electron chi connectivity index (χ3n) is 5.97. The molecule has 166 valence electrons. The van der Waals surface area contributed by atoms with E-state index in [2.05, 4.69) is 5.32 Å². The van der Waals surface area contributed by atoms with Crippen LogP contribution in [-0.4, -0.2) is 49.1 Å². The van der Waals surface area contributed by atoms with E-state index in [9.17, 15) is 9.59 Å². The van der Waals surface area contributed by atoms with Gasteiger partial charge >= 0.3 is 0 Å². The highest BCUT2D eigenvalue weighted by atomic mass is 16.5. The molecule has 0 spiro atoms. The Hall–Kier alpha value is -3.02. The lowest BCUT2D eigenvalue weighted by molar-refractivity contribution is -0.134. The molecule has 0 unspecified atom stereocenters. The second kappa shape index (κ2) is 10.3. The van der Waals surface area contributed by atoms with Gasteiger partial charge in [0.1, 0.15) is 11.5 Å². The van der Waals surface area contributed by atoms with Gasteiger partial charge in [0, 0.05) is 19.1 Å². The first-order valence-corrected chi connectivity index (χ1v) is 10.8. The van der Waals surface area contributed by atoms with Crippen molar-refractivity contribution >= 4 is 11.8 Å². The molecule has 1 heterocycles. The summed E-state index contributed by atoms with van der Waals surface area (Å²) < 4.78 is 11.3. The molecule has 0 aliphatic carbocycles. The first-order chi connectivity index (χ1) is 14.8. The number of piperidine rings is 1. The number of nitrogens with zero attached hydrogens (tertiary/aromatic N) is 1. The van der Waals surface area contributed by atoms with Gasteiger partial charge in [-0.25, -0.2) is 0 Å². The van der Waals surface area contributed by atoms with Crippen molar-refractivity contribution in [3.8, 4) is 11.5 Å². The number of hydrogen-bond acceptors (Lipinski definition) is 4. The van der Waals surface area contributed by atoms with E-state index >= 15 is 0 Å². The number of carbonyl (C=O) groups is 2. The monoisotopic (exact) mass is 424 g/mol. The third-order valence-corrected chi connectivity index (χ3v) is 5.97. The van der Waals surface area contributed by atoms with Crippen LogP contribution in [-0.2, 0) is 9.59 Å². The molecule has 6 heteroatoms. The number of ether oxygens (including phenoxy) is 2. The Bertz CT molecular complexity index is 933. The molecule has 1 fully saturated rings. The van der Waals surface area contributed by atoms with Crippen LogP contribution in [0.2, 0.25) is 0 Å². The quantitative estimate of drug-likeness (QED) is 0.739. The van der Waals surface area contributed by atoms with Gasteiger partial charge in [-0.2, -0.15) is 0 Å². The van der Waals surface area contributed by atoms with Crippen LogP contribution < -0.4 is 14.8 Å². The number of rotatable bonds is 7. The zero-order chi connectivity index (χ0) is 22.4. The van der Waals surface area contributed by atoms with E-state index in [4.69, 9.17) is 9.47 Å². The maximum atomic E-state index is 12.5. The fraction of sp³-hybridized carbons (Fsp3) is 0.440. The zero-order valence-electron chi connectivity index (χ0n) is 18.9. The van der Waals surface area contributed by atoms with Gasteiger partial charge in [-0.05, 0) is 81.0 Å². The van der Waals surface area contributed by atoms with Gasteiger partial charge in [0.05, 0.1) is 0 Å². The van der Waals surface area contributed by atoms with E-state index in [1.54, 1.807) is 4.90 Å². The highest BCUT2D eigenvalue weighted by Crippen LogP contribution is 2.21. The summed E-state index contributed by atoms with van der Waals surface area (Å²) in [4.78, 5) is 26.5. The third kappa shape index (κ3) is 6.23. The maximum Gasteiger partial charge on any atom is 0.260 e. The molecule has 2 aromatic carbocycles. The molecule has 6 nitrogen and oxygen atoms in total. The van der Waals surface area contributed by atoms with Crippen LogP contribution in [0.3, 0.4) is 0 Å². The van der Waals surface area contributed by atoms with Crippen LogP contribution in [0.15, 0.2) is 36.4 Å². The van der Waals surface area contributed by atoms with Gasteiger partial charge < -0.3 is 19.7 Å². The SMILES string of the molecule is Cc1ccc(OCC(=O)NC2CCN(C(=O)COc3cccc(C)c3C)CC2)cc1C. The number of amides is 2. The first-order valence-electron chi connectivity index (χ1n) is 10.8. The Kier molecular flexibility index (Phi) is 7.55. The van der Waals surface area contributed by atoms with Crippen LogP contribution in [0.25, 0.3) is 0 Å². The van der Waals surface area contributed by atoms with Gasteiger partial charge in [-0.3, -0.25) is 9.59 Å². The smallest absolute Gasteiger partial charge is 0.260 e. The number of benzene rings is 2. The summed E-state index contributed by atoms with van der Waals surface area (Å²) in [6, 6.07) is 11.7. The van der Waals surface area contributed by atoms with Crippen molar-refractivity contribution in [3.05, 3.63) is 58.7 Å². The van der Waals surface area contributed by atoms with Crippen LogP contribution in [0, 0.1) is 27.7 Å². The summed E-state index contributed by atoms with van der Waals surface area (Å²) in [5.41, 5.74) is 4.52. The van der Waals surface area contributed by atoms with E-state index in [0.717, 1.165) is 35.3 Å². The van der Waals surface area contributed by atoms with E-state index in [1.807, 2.05) is 64.1 Å². The van der Waals surface area contributed by atoms with Gasteiger partial charge in [-0.15, -0.1) is 0 Å². The first kappa shape index (κ1) is 22.7. The molecule has 1 N–H and O–H groups in total. The van der Waals surface area contributed by atoms with Crippen LogP contribution in [0.4, 0.5) is 0 Å². The lowest BCUT2D eigenvalue weighted by Gasteiger charge is -2.32. The lowest BCUT2D eigenvalue weighted by atomic mass is 10.0. The Morgan fingerprint density at radius 2 is 1.68 bits per heavy atom. The van der Waals surface area contributed by atoms with Crippen molar-refractivity contribution in [2.75, 3.05) is 26.3 Å². The summed E-state index contributed by atoms with van der Waals surface area (Å²) in [7, 11) is 0. The normalized spacial score (nSPS) is 14.3. The molecule has 0 aromatic heterocycles. The molecule has 2 aromatic rings. The molecule has 0 saturated carbocycles. The molecule has 1 saturated heterocycles. The molecule has 2 amide bonds. The van der Waals surface area contributed by atoms with Crippen molar-refractivity contribution in [2.45, 2.75) is 46.6 Å². The molecule has 1 aliphatic rings. The van der Waals surface area contributed by atoms with Crippen molar-refractivity contribution in [1.29, 1.82) is 0 Å². The molecule has 3 rings (SSSR count). The maximum absolute atomic E-state index is 12.5. The van der Waals surface area contributed by atoms with E-state index in [1.165, 1.54) is 5.56 Å². The molecular weight excluding hydrogens is 392 g/mol. The standard InChI is InChI=1S/C25H32N2O4/c1-17-8-9-22(14-19(17)3)30-15-24(28)26-21-10-12-27(13-11-21)25(29)16-31-23-7-5-6-18(2)20(23)4/h5-9,14,21H,10-13,15-16H2,1-4H3,(H,26,28).